The minimum atomic E-state index is -0.0412. The Bertz CT molecular complexity index is 602. The second-order valence-electron chi connectivity index (χ2n) is 4.84. The molecule has 0 spiro atoms. The highest BCUT2D eigenvalue weighted by molar-refractivity contribution is 9.10. The highest BCUT2D eigenvalue weighted by atomic mass is 79.9. The molecule has 0 radical (unpaired) electrons. The molecule has 0 bridgehead atoms. The molecule has 7 heteroatoms. The molecule has 106 valence electrons. The first kappa shape index (κ1) is 13.4. The van der Waals surface area contributed by atoms with Crippen LogP contribution in [0.4, 0.5) is 6.01 Å². The Balaban J connectivity index is 1.66. The van der Waals surface area contributed by atoms with Crippen molar-refractivity contribution in [3.8, 4) is 11.7 Å². The number of anilines is 1. The Labute approximate surface area is 124 Å². The lowest BCUT2D eigenvalue weighted by Crippen LogP contribution is -2.24. The van der Waals surface area contributed by atoms with Crippen LogP contribution in [0.1, 0.15) is 32.1 Å². The minimum Gasteiger partial charge on any atom is -0.444 e. The van der Waals surface area contributed by atoms with Crippen molar-refractivity contribution in [2.24, 2.45) is 5.92 Å². The van der Waals surface area contributed by atoms with Gasteiger partial charge in [-0.05, 0) is 40.9 Å². The van der Waals surface area contributed by atoms with E-state index in [1.165, 1.54) is 6.42 Å². The molecule has 1 fully saturated rings. The molecule has 1 amide bonds. The first-order valence-corrected chi connectivity index (χ1v) is 7.42. The van der Waals surface area contributed by atoms with Gasteiger partial charge in [-0.15, -0.1) is 5.10 Å². The van der Waals surface area contributed by atoms with Crippen LogP contribution >= 0.6 is 15.9 Å². The molecular formula is C13H14BrN3O3. The van der Waals surface area contributed by atoms with Gasteiger partial charge in [0.15, 0.2) is 10.4 Å². The quantitative estimate of drug-likeness (QED) is 0.923. The number of nitrogens with one attached hydrogen (secondary N) is 1. The summed E-state index contributed by atoms with van der Waals surface area (Å²) in [6, 6.07) is 3.56. The van der Waals surface area contributed by atoms with Gasteiger partial charge in [0.25, 0.3) is 5.89 Å². The Morgan fingerprint density at radius 2 is 2.00 bits per heavy atom. The Morgan fingerprint density at radius 1 is 1.20 bits per heavy atom. The van der Waals surface area contributed by atoms with Gasteiger partial charge in [0.2, 0.25) is 5.91 Å². The van der Waals surface area contributed by atoms with Crippen LogP contribution in [0.25, 0.3) is 11.7 Å². The van der Waals surface area contributed by atoms with E-state index < -0.39 is 0 Å². The predicted molar refractivity (Wildman–Crippen MR) is 74.9 cm³/mol. The molecule has 6 nitrogen and oxygen atoms in total. The molecule has 0 saturated heterocycles. The molecule has 3 rings (SSSR count). The summed E-state index contributed by atoms with van der Waals surface area (Å²) in [5.74, 6) is 0.717. The van der Waals surface area contributed by atoms with Gasteiger partial charge in [-0.3, -0.25) is 10.1 Å². The monoisotopic (exact) mass is 339 g/mol. The maximum Gasteiger partial charge on any atom is 0.322 e. The van der Waals surface area contributed by atoms with Crippen LogP contribution in [0, 0.1) is 5.92 Å². The number of carbonyl (C=O) groups is 1. The van der Waals surface area contributed by atoms with Gasteiger partial charge in [0.1, 0.15) is 0 Å². The molecule has 0 atom stereocenters. The van der Waals surface area contributed by atoms with Crippen LogP contribution in [0.5, 0.6) is 0 Å². The predicted octanol–water partition coefficient (Wildman–Crippen LogP) is 3.61. The lowest BCUT2D eigenvalue weighted by Gasteiger charge is -2.19. The molecule has 0 unspecified atom stereocenters. The third kappa shape index (κ3) is 2.92. The topological polar surface area (TPSA) is 81.2 Å². The van der Waals surface area contributed by atoms with E-state index in [1.807, 2.05) is 0 Å². The molecule has 1 aliphatic carbocycles. The second kappa shape index (κ2) is 5.78. The largest absolute Gasteiger partial charge is 0.444 e. The van der Waals surface area contributed by atoms with Crippen molar-refractivity contribution in [1.82, 2.24) is 10.2 Å². The molecule has 2 aromatic rings. The minimum absolute atomic E-state index is 0.0412. The molecule has 0 aromatic carbocycles. The molecule has 1 saturated carbocycles. The fraction of sp³-hybridized carbons (Fsp3) is 0.462. The fourth-order valence-electron chi connectivity index (χ4n) is 2.37. The number of halogens is 1. The van der Waals surface area contributed by atoms with Gasteiger partial charge in [0, 0.05) is 5.92 Å². The summed E-state index contributed by atoms with van der Waals surface area (Å²) in [4.78, 5) is 12.0. The number of amides is 1. The number of furan rings is 1. The maximum atomic E-state index is 12.0. The Kier molecular flexibility index (Phi) is 3.86. The van der Waals surface area contributed by atoms with Gasteiger partial charge in [0.05, 0.1) is 0 Å². The summed E-state index contributed by atoms with van der Waals surface area (Å²) >= 11 is 3.20. The lowest BCUT2D eigenvalue weighted by atomic mass is 9.89. The van der Waals surface area contributed by atoms with Crippen molar-refractivity contribution >= 4 is 27.9 Å². The van der Waals surface area contributed by atoms with Crippen LogP contribution in [-0.2, 0) is 4.79 Å². The van der Waals surface area contributed by atoms with E-state index in [0.29, 0.717) is 10.4 Å². The summed E-state index contributed by atoms with van der Waals surface area (Å²) in [6.07, 6.45) is 5.28. The molecule has 1 aliphatic rings. The summed E-state index contributed by atoms with van der Waals surface area (Å²) in [6.45, 7) is 0. The average Bonchev–Trinajstić information content (AvgIpc) is 3.09. The molecular weight excluding hydrogens is 326 g/mol. The summed E-state index contributed by atoms with van der Waals surface area (Å²) < 4.78 is 11.3. The molecule has 2 heterocycles. The van der Waals surface area contributed by atoms with E-state index in [4.69, 9.17) is 8.83 Å². The number of nitrogens with zero attached hydrogens (tertiary/aromatic N) is 2. The summed E-state index contributed by atoms with van der Waals surface area (Å²) in [5.41, 5.74) is 0. The van der Waals surface area contributed by atoms with Crippen LogP contribution in [0.15, 0.2) is 25.6 Å². The van der Waals surface area contributed by atoms with Crippen molar-refractivity contribution in [1.29, 1.82) is 0 Å². The third-order valence-corrected chi connectivity index (χ3v) is 3.84. The zero-order valence-electron chi connectivity index (χ0n) is 10.8. The van der Waals surface area contributed by atoms with E-state index in [1.54, 1.807) is 12.1 Å². The summed E-state index contributed by atoms with van der Waals surface area (Å²) in [7, 11) is 0. The SMILES string of the molecule is O=C(Nc1nnc(-c2ccc(Br)o2)o1)C1CCCCC1. The van der Waals surface area contributed by atoms with E-state index in [9.17, 15) is 4.79 Å². The lowest BCUT2D eigenvalue weighted by molar-refractivity contribution is -0.120. The third-order valence-electron chi connectivity index (χ3n) is 3.42. The first-order valence-electron chi connectivity index (χ1n) is 6.62. The number of carbonyl (C=O) groups excluding carboxylic acids is 1. The van der Waals surface area contributed by atoms with Crippen LogP contribution in [-0.4, -0.2) is 16.1 Å². The molecule has 20 heavy (non-hydrogen) atoms. The average molecular weight is 340 g/mol. The Hall–Kier alpha value is -1.63. The van der Waals surface area contributed by atoms with Crippen molar-refractivity contribution in [3.63, 3.8) is 0 Å². The first-order chi connectivity index (χ1) is 9.72. The zero-order chi connectivity index (χ0) is 13.9. The number of rotatable bonds is 3. The number of aromatic nitrogens is 2. The number of hydrogen-bond acceptors (Lipinski definition) is 5. The van der Waals surface area contributed by atoms with Crippen LogP contribution < -0.4 is 5.32 Å². The van der Waals surface area contributed by atoms with Crippen molar-refractivity contribution < 1.29 is 13.6 Å². The van der Waals surface area contributed by atoms with Crippen LogP contribution in [0.2, 0.25) is 0 Å². The standard InChI is InChI=1S/C13H14BrN3O3/c14-10-7-6-9(19-10)12-16-17-13(20-12)15-11(18)8-4-2-1-3-5-8/h6-8H,1-5H2,(H,15,17,18). The smallest absolute Gasteiger partial charge is 0.322 e. The molecule has 2 aromatic heterocycles. The van der Waals surface area contributed by atoms with Gasteiger partial charge in [-0.1, -0.05) is 24.4 Å². The van der Waals surface area contributed by atoms with Crippen LogP contribution in [0.3, 0.4) is 0 Å². The maximum absolute atomic E-state index is 12.0. The van der Waals surface area contributed by atoms with E-state index >= 15 is 0 Å². The van der Waals surface area contributed by atoms with Gasteiger partial charge >= 0.3 is 6.01 Å². The normalized spacial score (nSPS) is 16.2. The molecule has 0 aliphatic heterocycles. The van der Waals surface area contributed by atoms with Crippen molar-refractivity contribution in [2.45, 2.75) is 32.1 Å². The van der Waals surface area contributed by atoms with Crippen molar-refractivity contribution in [2.75, 3.05) is 5.32 Å². The highest BCUT2D eigenvalue weighted by Crippen LogP contribution is 2.27. The van der Waals surface area contributed by atoms with E-state index in [-0.39, 0.29) is 23.7 Å². The fourth-order valence-corrected chi connectivity index (χ4v) is 2.68. The van der Waals surface area contributed by atoms with Gasteiger partial charge < -0.3 is 8.83 Å². The van der Waals surface area contributed by atoms with E-state index in [2.05, 4.69) is 31.4 Å². The highest BCUT2D eigenvalue weighted by Gasteiger charge is 2.23. The molecule has 1 N–H and O–H groups in total. The van der Waals surface area contributed by atoms with E-state index in [0.717, 1.165) is 25.7 Å². The van der Waals surface area contributed by atoms with Gasteiger partial charge in [-0.25, -0.2) is 0 Å². The zero-order valence-corrected chi connectivity index (χ0v) is 12.4. The van der Waals surface area contributed by atoms with Gasteiger partial charge in [-0.2, -0.15) is 0 Å². The second-order valence-corrected chi connectivity index (χ2v) is 5.62. The Morgan fingerprint density at radius 3 is 2.70 bits per heavy atom. The summed E-state index contributed by atoms with van der Waals surface area (Å²) in [5, 5.41) is 10.3. The number of hydrogen-bond donors (Lipinski definition) is 1. The van der Waals surface area contributed by atoms with Crippen molar-refractivity contribution in [3.05, 3.63) is 16.8 Å².